The summed E-state index contributed by atoms with van der Waals surface area (Å²) in [6.07, 6.45) is 14.9. The molecule has 0 fully saturated rings. The number of carbonyl (C=O) groups excluding carboxylic acids is 3. The van der Waals surface area contributed by atoms with Gasteiger partial charge in [0.2, 0.25) is 5.91 Å². The Hall–Kier alpha value is -3.80. The predicted octanol–water partition coefficient (Wildman–Crippen LogP) is 7.26. The first-order valence-corrected chi connectivity index (χ1v) is 15.3. The molecule has 0 saturated carbocycles. The summed E-state index contributed by atoms with van der Waals surface area (Å²) in [5.74, 6) is -0.240. The number of hydrogen-bond acceptors (Lipinski definition) is 4. The predicted molar refractivity (Wildman–Crippen MR) is 173 cm³/mol. The Labute approximate surface area is 253 Å². The minimum Gasteiger partial charge on any atom is -0.352 e. The summed E-state index contributed by atoms with van der Waals surface area (Å²) in [4.78, 5) is 45.0. The second-order valence-electron chi connectivity index (χ2n) is 10.5. The molecule has 2 aromatic rings. The Morgan fingerprint density at radius 2 is 1.86 bits per heavy atom. The minimum absolute atomic E-state index is 0.0576. The third-order valence-corrected chi connectivity index (χ3v) is 7.86. The zero-order valence-electron chi connectivity index (χ0n) is 26.4. The van der Waals surface area contributed by atoms with E-state index in [1.54, 1.807) is 30.2 Å². The van der Waals surface area contributed by atoms with E-state index in [1.165, 1.54) is 0 Å². The minimum atomic E-state index is -0.683. The molecule has 2 amide bonds. The molecule has 0 radical (unpaired) electrons. The number of rotatable bonds is 9. The smallest absolute Gasteiger partial charge is 0.253 e. The topological polar surface area (TPSA) is 79.4 Å². The van der Waals surface area contributed by atoms with Gasteiger partial charge in [0, 0.05) is 32.0 Å². The van der Waals surface area contributed by atoms with E-state index in [9.17, 15) is 14.4 Å². The van der Waals surface area contributed by atoms with Crippen molar-refractivity contribution in [3.05, 3.63) is 101 Å². The molecule has 1 heterocycles. The van der Waals surface area contributed by atoms with Gasteiger partial charge in [-0.05, 0) is 81.2 Å². The molecule has 1 aromatic carbocycles. The maximum Gasteiger partial charge on any atom is 0.253 e. The summed E-state index contributed by atoms with van der Waals surface area (Å²) in [5, 5.41) is 2.92. The quantitative estimate of drug-likeness (QED) is 0.254. The summed E-state index contributed by atoms with van der Waals surface area (Å²) in [6.45, 7) is 14.0. The van der Waals surface area contributed by atoms with Crippen molar-refractivity contribution in [3.63, 3.8) is 0 Å². The van der Waals surface area contributed by atoms with Crippen molar-refractivity contribution in [2.45, 2.75) is 84.5 Å². The average molecular weight is 572 g/mol. The van der Waals surface area contributed by atoms with Gasteiger partial charge >= 0.3 is 0 Å². The fraction of sp³-hybridized carbons (Fsp3) is 0.444. The maximum atomic E-state index is 13.5. The molecule has 0 saturated heterocycles. The van der Waals surface area contributed by atoms with Gasteiger partial charge in [0.15, 0.2) is 0 Å². The number of amides is 2. The molecule has 2 atom stereocenters. The standard InChI is InChI=1S/C30H35N3O3.C4H8.C2H6/c1-21-24(14-9-18-31-21)28(35)32-19-10-20-33(3)29(36)26-16-17-30(22(2)34,23-11-5-4-6-12-23)27-15-8-7-13-25(26)27;1-3-4-2;1-2/h5,7-9,11-15,18,26H,4,6,10,16-17,19-20H2,1-3H3,(H,32,35);3H,1,4H2,2H3;1-2H3/t26-,30+;;/m1../s1. The molecular weight excluding hydrogens is 522 g/mol. The number of aryl methyl sites for hydroxylation is 1. The summed E-state index contributed by atoms with van der Waals surface area (Å²) in [7, 11) is 1.82. The third-order valence-electron chi connectivity index (χ3n) is 7.86. The van der Waals surface area contributed by atoms with Gasteiger partial charge in [-0.1, -0.05) is 69.3 Å². The molecule has 42 heavy (non-hydrogen) atoms. The number of aromatic nitrogens is 1. The maximum absolute atomic E-state index is 13.5. The molecule has 2 aliphatic carbocycles. The number of hydrogen-bond donors (Lipinski definition) is 1. The monoisotopic (exact) mass is 571 g/mol. The van der Waals surface area contributed by atoms with Crippen molar-refractivity contribution in [2.75, 3.05) is 20.1 Å². The van der Waals surface area contributed by atoms with E-state index in [4.69, 9.17) is 0 Å². The van der Waals surface area contributed by atoms with E-state index in [0.717, 1.165) is 36.0 Å². The summed E-state index contributed by atoms with van der Waals surface area (Å²) >= 11 is 0. The zero-order valence-corrected chi connectivity index (χ0v) is 26.4. The molecule has 0 bridgehead atoms. The molecular formula is C36H49N3O3. The Morgan fingerprint density at radius 3 is 2.48 bits per heavy atom. The number of pyridine rings is 1. The Balaban J connectivity index is 0.000000947. The van der Waals surface area contributed by atoms with E-state index >= 15 is 0 Å². The van der Waals surface area contributed by atoms with Crippen molar-refractivity contribution in [2.24, 2.45) is 0 Å². The van der Waals surface area contributed by atoms with Gasteiger partial charge in [-0.2, -0.15) is 0 Å². The molecule has 4 rings (SSSR count). The first kappa shape index (κ1) is 34.4. The number of benzene rings is 1. The molecule has 226 valence electrons. The Morgan fingerprint density at radius 1 is 1.14 bits per heavy atom. The Kier molecular flexibility index (Phi) is 14.1. The number of fused-ring (bicyclic) bond motifs is 1. The van der Waals surface area contributed by atoms with Crippen molar-refractivity contribution in [3.8, 4) is 0 Å². The average Bonchev–Trinajstić information content (AvgIpc) is 3.03. The summed E-state index contributed by atoms with van der Waals surface area (Å²) in [5.41, 5.74) is 3.56. The first-order chi connectivity index (χ1) is 20.3. The molecule has 2 aliphatic rings. The van der Waals surface area contributed by atoms with Crippen LogP contribution in [0.1, 0.15) is 99.3 Å². The number of ketones is 1. The van der Waals surface area contributed by atoms with E-state index in [0.29, 0.717) is 43.6 Å². The van der Waals surface area contributed by atoms with Crippen LogP contribution < -0.4 is 5.32 Å². The molecule has 0 aliphatic heterocycles. The Bertz CT molecular complexity index is 1280. The van der Waals surface area contributed by atoms with Crippen LogP contribution >= 0.6 is 0 Å². The fourth-order valence-corrected chi connectivity index (χ4v) is 5.61. The fourth-order valence-electron chi connectivity index (χ4n) is 5.61. The van der Waals surface area contributed by atoms with Gasteiger partial charge in [-0.25, -0.2) is 0 Å². The normalized spacial score (nSPS) is 18.5. The van der Waals surface area contributed by atoms with Crippen LogP contribution in [-0.4, -0.2) is 47.6 Å². The molecule has 0 spiro atoms. The van der Waals surface area contributed by atoms with Gasteiger partial charge in [-0.15, -0.1) is 6.58 Å². The van der Waals surface area contributed by atoms with E-state index in [2.05, 4.69) is 42.0 Å². The third kappa shape index (κ3) is 8.15. The van der Waals surface area contributed by atoms with Crippen LogP contribution in [0.2, 0.25) is 0 Å². The van der Waals surface area contributed by atoms with Crippen LogP contribution in [0.4, 0.5) is 0 Å². The zero-order chi connectivity index (χ0) is 31.1. The largest absolute Gasteiger partial charge is 0.352 e. The number of allylic oxidation sites excluding steroid dienone is 5. The molecule has 6 heteroatoms. The number of Topliss-reactive ketones (excluding diaryl/α,β-unsaturated/α-hetero) is 1. The van der Waals surface area contributed by atoms with Crippen molar-refractivity contribution in [1.29, 1.82) is 0 Å². The van der Waals surface area contributed by atoms with Crippen LogP contribution in [0.15, 0.2) is 79.1 Å². The second kappa shape index (κ2) is 17.2. The molecule has 1 N–H and O–H groups in total. The lowest BCUT2D eigenvalue weighted by Gasteiger charge is -2.42. The van der Waals surface area contributed by atoms with E-state index in [1.807, 2.05) is 58.2 Å². The van der Waals surface area contributed by atoms with Gasteiger partial charge in [0.1, 0.15) is 5.78 Å². The SMILES string of the molecule is C=CCC.CC.CC(=O)[C@]1(C2=CCCC=C2)CC[C@@H](C(=O)N(C)CCCNC(=O)c2cccnc2C)c2ccccc21. The van der Waals surface area contributed by atoms with Crippen LogP contribution in [0, 0.1) is 6.92 Å². The van der Waals surface area contributed by atoms with Gasteiger partial charge in [0.25, 0.3) is 5.91 Å². The van der Waals surface area contributed by atoms with Gasteiger partial charge in [0.05, 0.1) is 16.9 Å². The van der Waals surface area contributed by atoms with Crippen molar-refractivity contribution < 1.29 is 14.4 Å². The lowest BCUT2D eigenvalue weighted by Crippen LogP contribution is -2.44. The van der Waals surface area contributed by atoms with Crippen LogP contribution in [0.25, 0.3) is 0 Å². The lowest BCUT2D eigenvalue weighted by atomic mass is 9.60. The highest BCUT2D eigenvalue weighted by atomic mass is 16.2. The summed E-state index contributed by atoms with van der Waals surface area (Å²) in [6, 6.07) is 11.5. The molecule has 6 nitrogen and oxygen atoms in total. The number of nitrogens with zero attached hydrogens (tertiary/aromatic N) is 2. The van der Waals surface area contributed by atoms with Crippen LogP contribution in [-0.2, 0) is 15.0 Å². The number of likely N-dealkylation sites (N-methyl/N-ethyl adjacent to an activating group) is 1. The van der Waals surface area contributed by atoms with Gasteiger partial charge in [-0.3, -0.25) is 19.4 Å². The highest BCUT2D eigenvalue weighted by molar-refractivity contribution is 5.96. The summed E-state index contributed by atoms with van der Waals surface area (Å²) < 4.78 is 0. The first-order valence-electron chi connectivity index (χ1n) is 15.3. The van der Waals surface area contributed by atoms with E-state index < -0.39 is 5.41 Å². The molecule has 1 aromatic heterocycles. The number of nitrogens with one attached hydrogen (secondary N) is 1. The van der Waals surface area contributed by atoms with Crippen LogP contribution in [0.5, 0.6) is 0 Å². The second-order valence-corrected chi connectivity index (χ2v) is 10.5. The number of carbonyl (C=O) groups is 3. The molecule has 0 unspecified atom stereocenters. The van der Waals surface area contributed by atoms with Crippen LogP contribution in [0.3, 0.4) is 0 Å². The van der Waals surface area contributed by atoms with Crippen molar-refractivity contribution >= 4 is 17.6 Å². The van der Waals surface area contributed by atoms with Crippen molar-refractivity contribution in [1.82, 2.24) is 15.2 Å². The highest BCUT2D eigenvalue weighted by Gasteiger charge is 2.47. The van der Waals surface area contributed by atoms with Gasteiger partial charge < -0.3 is 10.2 Å². The highest BCUT2D eigenvalue weighted by Crippen LogP contribution is 2.49. The van der Waals surface area contributed by atoms with E-state index in [-0.39, 0.29) is 23.5 Å². The lowest BCUT2D eigenvalue weighted by molar-refractivity contribution is -0.132.